The molecule has 7 nitrogen and oxygen atoms in total. The first kappa shape index (κ1) is 15.8. The van der Waals surface area contributed by atoms with E-state index in [1.165, 1.54) is 0 Å². The van der Waals surface area contributed by atoms with E-state index in [1.54, 1.807) is 42.5 Å². The number of hydrogen-bond donors (Lipinski definition) is 1. The number of aromatic nitrogens is 2. The average molecular weight is 348 g/mol. The standard InChI is InChI=1S/C19H12N2O5/c22-14(16-9-11-5-1-4-8-15(11)26-16)10-25-19(24)17-12-6-2-3-7-13(12)18(23)21-20-17/h1-9H,10H2,(H,21,23). The van der Waals surface area contributed by atoms with Gasteiger partial charge in [-0.3, -0.25) is 9.59 Å². The molecule has 0 saturated carbocycles. The number of nitrogens with one attached hydrogen (secondary N) is 1. The van der Waals surface area contributed by atoms with Gasteiger partial charge in [0, 0.05) is 10.8 Å². The first-order valence-electron chi connectivity index (χ1n) is 7.80. The number of esters is 1. The zero-order valence-electron chi connectivity index (χ0n) is 13.4. The Bertz CT molecular complexity index is 1170. The van der Waals surface area contributed by atoms with E-state index in [0.29, 0.717) is 16.4 Å². The quantitative estimate of drug-likeness (QED) is 0.449. The summed E-state index contributed by atoms with van der Waals surface area (Å²) in [4.78, 5) is 36.3. The molecule has 0 saturated heterocycles. The molecule has 1 N–H and O–H groups in total. The van der Waals surface area contributed by atoms with Gasteiger partial charge < -0.3 is 9.15 Å². The van der Waals surface area contributed by atoms with Crippen LogP contribution in [0, 0.1) is 0 Å². The van der Waals surface area contributed by atoms with Crippen LogP contribution in [0.25, 0.3) is 21.7 Å². The van der Waals surface area contributed by atoms with Gasteiger partial charge in [0.25, 0.3) is 5.56 Å². The Morgan fingerprint density at radius 3 is 2.58 bits per heavy atom. The predicted molar refractivity (Wildman–Crippen MR) is 93.2 cm³/mol. The van der Waals surface area contributed by atoms with Crippen molar-refractivity contribution in [1.29, 1.82) is 0 Å². The first-order valence-corrected chi connectivity index (χ1v) is 7.80. The molecule has 2 heterocycles. The van der Waals surface area contributed by atoms with Crippen molar-refractivity contribution >= 4 is 33.5 Å². The summed E-state index contributed by atoms with van der Waals surface area (Å²) in [5.41, 5.74) is 0.114. The van der Waals surface area contributed by atoms with Crippen LogP contribution in [0.4, 0.5) is 0 Å². The Balaban J connectivity index is 1.55. The maximum Gasteiger partial charge on any atom is 0.359 e. The molecule has 26 heavy (non-hydrogen) atoms. The highest BCUT2D eigenvalue weighted by atomic mass is 16.5. The largest absolute Gasteiger partial charge is 0.453 e. The van der Waals surface area contributed by atoms with Crippen LogP contribution in [0.2, 0.25) is 0 Å². The van der Waals surface area contributed by atoms with Crippen molar-refractivity contribution in [3.63, 3.8) is 0 Å². The van der Waals surface area contributed by atoms with Crippen LogP contribution in [-0.4, -0.2) is 28.6 Å². The van der Waals surface area contributed by atoms with Crippen LogP contribution in [0.1, 0.15) is 21.0 Å². The fraction of sp³-hybridized carbons (Fsp3) is 0.0526. The molecule has 0 fully saturated rings. The Morgan fingerprint density at radius 1 is 1.04 bits per heavy atom. The molecule has 0 radical (unpaired) electrons. The number of Topliss-reactive ketones (excluding diaryl/α,β-unsaturated/α-hetero) is 1. The monoisotopic (exact) mass is 348 g/mol. The molecule has 4 aromatic rings. The van der Waals surface area contributed by atoms with Gasteiger partial charge in [-0.2, -0.15) is 5.10 Å². The van der Waals surface area contributed by atoms with E-state index in [9.17, 15) is 14.4 Å². The highest BCUT2D eigenvalue weighted by molar-refractivity contribution is 6.04. The number of carbonyl (C=O) groups is 2. The summed E-state index contributed by atoms with van der Waals surface area (Å²) < 4.78 is 10.5. The lowest BCUT2D eigenvalue weighted by Gasteiger charge is -2.05. The van der Waals surface area contributed by atoms with Gasteiger partial charge in [-0.1, -0.05) is 36.4 Å². The summed E-state index contributed by atoms with van der Waals surface area (Å²) in [6.07, 6.45) is 0. The van der Waals surface area contributed by atoms with Gasteiger partial charge in [-0.25, -0.2) is 9.89 Å². The van der Waals surface area contributed by atoms with E-state index in [4.69, 9.17) is 9.15 Å². The van der Waals surface area contributed by atoms with Crippen LogP contribution in [0.5, 0.6) is 0 Å². The Kier molecular flexibility index (Phi) is 3.81. The molecular weight excluding hydrogens is 336 g/mol. The van der Waals surface area contributed by atoms with Gasteiger partial charge in [0.15, 0.2) is 18.1 Å². The van der Waals surface area contributed by atoms with Gasteiger partial charge in [0.1, 0.15) is 5.58 Å². The van der Waals surface area contributed by atoms with Gasteiger partial charge in [0.05, 0.1) is 5.39 Å². The minimum absolute atomic E-state index is 0.0578. The van der Waals surface area contributed by atoms with E-state index < -0.39 is 23.9 Å². The number of furan rings is 1. The Labute approximate surface area is 146 Å². The third-order valence-corrected chi connectivity index (χ3v) is 3.92. The van der Waals surface area contributed by atoms with Crippen LogP contribution in [0.3, 0.4) is 0 Å². The lowest BCUT2D eigenvalue weighted by molar-refractivity contribution is 0.0463. The Hall–Kier alpha value is -3.74. The van der Waals surface area contributed by atoms with Crippen LogP contribution >= 0.6 is 0 Å². The number of carbonyl (C=O) groups excluding carboxylic acids is 2. The maximum atomic E-state index is 12.3. The van der Waals surface area contributed by atoms with Gasteiger partial charge in [-0.15, -0.1) is 0 Å². The van der Waals surface area contributed by atoms with E-state index in [2.05, 4.69) is 10.2 Å². The number of fused-ring (bicyclic) bond motifs is 2. The minimum atomic E-state index is -0.804. The molecule has 0 unspecified atom stereocenters. The molecule has 7 heteroatoms. The average Bonchev–Trinajstić information content (AvgIpc) is 3.11. The molecular formula is C19H12N2O5. The number of rotatable bonds is 4. The fourth-order valence-electron chi connectivity index (χ4n) is 2.66. The fourth-order valence-corrected chi connectivity index (χ4v) is 2.66. The highest BCUT2D eigenvalue weighted by Gasteiger charge is 2.19. The molecule has 2 aromatic carbocycles. The topological polar surface area (TPSA) is 102 Å². The van der Waals surface area contributed by atoms with Crippen molar-refractivity contribution in [3.8, 4) is 0 Å². The molecule has 0 bridgehead atoms. The lowest BCUT2D eigenvalue weighted by Crippen LogP contribution is -2.18. The first-order chi connectivity index (χ1) is 12.6. The summed E-state index contributed by atoms with van der Waals surface area (Å²) in [6.45, 7) is -0.492. The normalized spacial score (nSPS) is 10.9. The summed E-state index contributed by atoms with van der Waals surface area (Å²) in [5.74, 6) is -1.16. The number of H-pyrrole nitrogens is 1. The van der Waals surface area contributed by atoms with Crippen molar-refractivity contribution in [2.24, 2.45) is 0 Å². The number of ketones is 1. The van der Waals surface area contributed by atoms with Gasteiger partial charge in [0.2, 0.25) is 5.78 Å². The SMILES string of the molecule is O=C(COC(=O)c1n[nH]c(=O)c2ccccc12)c1cc2ccccc2o1. The molecule has 0 aliphatic heterocycles. The number of aromatic amines is 1. The third-order valence-electron chi connectivity index (χ3n) is 3.92. The Morgan fingerprint density at radius 2 is 1.77 bits per heavy atom. The van der Waals surface area contributed by atoms with Crippen LogP contribution in [0.15, 0.2) is 63.8 Å². The van der Waals surface area contributed by atoms with Crippen LogP contribution < -0.4 is 5.56 Å². The van der Waals surface area contributed by atoms with Crippen molar-refractivity contribution in [1.82, 2.24) is 10.2 Å². The number of benzene rings is 2. The second-order valence-corrected chi connectivity index (χ2v) is 5.59. The molecule has 128 valence electrons. The van der Waals surface area contributed by atoms with E-state index in [1.807, 2.05) is 12.1 Å². The lowest BCUT2D eigenvalue weighted by atomic mass is 10.1. The number of para-hydroxylation sites is 1. The van der Waals surface area contributed by atoms with Crippen LogP contribution in [-0.2, 0) is 4.74 Å². The molecule has 0 aliphatic carbocycles. The number of nitrogens with zero attached hydrogens (tertiary/aromatic N) is 1. The molecule has 4 rings (SSSR count). The van der Waals surface area contributed by atoms with Crippen molar-refractivity contribution in [3.05, 3.63) is 76.4 Å². The number of hydrogen-bond acceptors (Lipinski definition) is 6. The van der Waals surface area contributed by atoms with E-state index >= 15 is 0 Å². The zero-order valence-corrected chi connectivity index (χ0v) is 13.4. The van der Waals surface area contributed by atoms with E-state index in [0.717, 1.165) is 5.39 Å². The van der Waals surface area contributed by atoms with Crippen molar-refractivity contribution in [2.45, 2.75) is 0 Å². The zero-order chi connectivity index (χ0) is 18.1. The predicted octanol–water partition coefficient (Wildman–Crippen LogP) is 2.71. The summed E-state index contributed by atoms with van der Waals surface area (Å²) in [6, 6.07) is 15.3. The highest BCUT2D eigenvalue weighted by Crippen LogP contribution is 2.19. The molecule has 2 aromatic heterocycles. The maximum absolute atomic E-state index is 12.3. The molecule has 0 spiro atoms. The third kappa shape index (κ3) is 2.75. The summed E-state index contributed by atoms with van der Waals surface area (Å²) in [7, 11) is 0. The summed E-state index contributed by atoms with van der Waals surface area (Å²) in [5, 5.41) is 7.46. The molecule has 0 atom stereocenters. The smallest absolute Gasteiger partial charge is 0.359 e. The second-order valence-electron chi connectivity index (χ2n) is 5.59. The minimum Gasteiger partial charge on any atom is -0.453 e. The number of ether oxygens (including phenoxy) is 1. The summed E-state index contributed by atoms with van der Waals surface area (Å²) >= 11 is 0. The molecule has 0 amide bonds. The van der Waals surface area contributed by atoms with Crippen molar-refractivity contribution < 1.29 is 18.7 Å². The van der Waals surface area contributed by atoms with E-state index in [-0.39, 0.29) is 11.5 Å². The second kappa shape index (κ2) is 6.29. The molecule has 0 aliphatic rings. The van der Waals surface area contributed by atoms with Gasteiger partial charge >= 0.3 is 5.97 Å². The van der Waals surface area contributed by atoms with Gasteiger partial charge in [-0.05, 0) is 18.2 Å². The van der Waals surface area contributed by atoms with Crippen molar-refractivity contribution in [2.75, 3.05) is 6.61 Å².